The maximum absolute atomic E-state index is 12.0. The van der Waals surface area contributed by atoms with Crippen molar-refractivity contribution in [3.05, 3.63) is 64.7 Å². The lowest BCUT2D eigenvalue weighted by Crippen LogP contribution is -2.25. The number of phenolic OH excluding ortho intramolecular Hbond substituents is 1. The number of nitrogens with one attached hydrogen (secondary N) is 1. The van der Waals surface area contributed by atoms with Gasteiger partial charge in [-0.1, -0.05) is 30.3 Å². The molecule has 0 heterocycles. The summed E-state index contributed by atoms with van der Waals surface area (Å²) in [5.74, 6) is 1.22. The number of phenols is 1. The molecule has 2 N–H and O–H groups in total. The van der Waals surface area contributed by atoms with Crippen molar-refractivity contribution in [2.45, 2.75) is 12.7 Å². The predicted octanol–water partition coefficient (Wildman–Crippen LogP) is 3.24. The number of para-hydroxylation sites is 1. The first-order valence-corrected chi connectivity index (χ1v) is 8.41. The van der Waals surface area contributed by atoms with E-state index in [1.165, 1.54) is 0 Å². The Kier molecular flexibility index (Phi) is 6.07. The van der Waals surface area contributed by atoms with Crippen molar-refractivity contribution in [2.24, 2.45) is 0 Å². The molecule has 23 heavy (non-hydrogen) atoms. The van der Waals surface area contributed by atoms with Gasteiger partial charge in [-0.25, -0.2) is 0 Å². The van der Waals surface area contributed by atoms with E-state index in [0.29, 0.717) is 23.2 Å². The Morgan fingerprint density at radius 3 is 2.83 bits per heavy atom. The molecule has 2 aromatic rings. The van der Waals surface area contributed by atoms with Crippen molar-refractivity contribution < 1.29 is 9.90 Å². The monoisotopic (exact) mass is 326 g/mol. The molecule has 0 atom stereocenters. The summed E-state index contributed by atoms with van der Waals surface area (Å²) in [6, 6.07) is 14.8. The number of carbonyl (C=O) groups is 1. The smallest absolute Gasteiger partial charge is 0.255 e. The number of hydrogen-bond acceptors (Lipinski definition) is 4. The third-order valence-corrected chi connectivity index (χ3v) is 4.42. The molecule has 0 aliphatic rings. The van der Waals surface area contributed by atoms with E-state index < -0.39 is 0 Å². The zero-order valence-electron chi connectivity index (χ0n) is 12.9. The van der Waals surface area contributed by atoms with Crippen molar-refractivity contribution in [3.63, 3.8) is 0 Å². The summed E-state index contributed by atoms with van der Waals surface area (Å²) in [6.45, 7) is 2.26. The van der Waals surface area contributed by atoms with Gasteiger partial charge in [-0.05, 0) is 30.2 Å². The highest BCUT2D eigenvalue weighted by Gasteiger charge is 2.11. The van der Waals surface area contributed by atoms with Gasteiger partial charge in [0.1, 0.15) is 5.75 Å². The van der Waals surface area contributed by atoms with E-state index in [2.05, 4.69) is 11.4 Å². The Hall–Kier alpha value is -2.45. The third kappa shape index (κ3) is 4.51. The number of aryl methyl sites for hydroxylation is 1. The summed E-state index contributed by atoms with van der Waals surface area (Å²) in [5, 5.41) is 21.7. The van der Waals surface area contributed by atoms with Crippen LogP contribution in [-0.4, -0.2) is 23.3 Å². The fourth-order valence-corrected chi connectivity index (χ4v) is 2.97. The number of benzene rings is 2. The van der Waals surface area contributed by atoms with Crippen LogP contribution in [0.2, 0.25) is 0 Å². The minimum atomic E-state index is -0.274. The first kappa shape index (κ1) is 16.9. The van der Waals surface area contributed by atoms with Gasteiger partial charge in [0, 0.05) is 18.1 Å². The molecule has 0 fully saturated rings. The summed E-state index contributed by atoms with van der Waals surface area (Å²) < 4.78 is 0. The third-order valence-electron chi connectivity index (χ3n) is 3.41. The van der Waals surface area contributed by atoms with Crippen molar-refractivity contribution in [1.82, 2.24) is 5.32 Å². The van der Waals surface area contributed by atoms with Gasteiger partial charge in [0.05, 0.1) is 17.2 Å². The van der Waals surface area contributed by atoms with Crippen molar-refractivity contribution >= 4 is 17.7 Å². The van der Waals surface area contributed by atoms with Gasteiger partial charge in [-0.3, -0.25) is 4.79 Å². The van der Waals surface area contributed by atoms with Gasteiger partial charge in [-0.2, -0.15) is 17.0 Å². The van der Waals surface area contributed by atoms with Crippen molar-refractivity contribution in [1.29, 1.82) is 5.26 Å². The molecule has 4 nitrogen and oxygen atoms in total. The van der Waals surface area contributed by atoms with Crippen molar-refractivity contribution in [2.75, 3.05) is 12.3 Å². The van der Waals surface area contributed by atoms with E-state index in [0.717, 1.165) is 17.1 Å². The van der Waals surface area contributed by atoms with Crippen LogP contribution >= 0.6 is 11.8 Å². The van der Waals surface area contributed by atoms with Crippen LogP contribution in [0.1, 0.15) is 27.0 Å². The molecule has 0 unspecified atom stereocenters. The molecule has 118 valence electrons. The molecule has 0 radical (unpaired) electrons. The summed E-state index contributed by atoms with van der Waals surface area (Å²) >= 11 is 1.65. The molecular weight excluding hydrogens is 308 g/mol. The molecule has 2 aromatic carbocycles. The Morgan fingerprint density at radius 1 is 1.26 bits per heavy atom. The lowest BCUT2D eigenvalue weighted by atomic mass is 10.1. The van der Waals surface area contributed by atoms with E-state index in [1.807, 2.05) is 18.2 Å². The Bertz CT molecular complexity index is 738. The first-order chi connectivity index (χ1) is 11.1. The topological polar surface area (TPSA) is 73.1 Å². The minimum absolute atomic E-state index is 0.0283. The Balaban J connectivity index is 1.78. The minimum Gasteiger partial charge on any atom is -0.507 e. The van der Waals surface area contributed by atoms with Crippen LogP contribution in [-0.2, 0) is 5.75 Å². The molecule has 0 aromatic heterocycles. The molecule has 0 saturated heterocycles. The van der Waals surface area contributed by atoms with Gasteiger partial charge >= 0.3 is 0 Å². The highest BCUT2D eigenvalue weighted by molar-refractivity contribution is 7.98. The molecule has 0 aliphatic heterocycles. The largest absolute Gasteiger partial charge is 0.507 e. The molecule has 0 bridgehead atoms. The molecule has 1 amide bonds. The highest BCUT2D eigenvalue weighted by Crippen LogP contribution is 2.21. The van der Waals surface area contributed by atoms with E-state index >= 15 is 0 Å². The number of hydrogen-bond donors (Lipinski definition) is 2. The molecule has 0 saturated carbocycles. The van der Waals surface area contributed by atoms with E-state index in [4.69, 9.17) is 5.26 Å². The van der Waals surface area contributed by atoms with Crippen LogP contribution in [0.25, 0.3) is 0 Å². The molecule has 2 rings (SSSR count). The Morgan fingerprint density at radius 2 is 2.04 bits per heavy atom. The fraction of sp³-hybridized carbons (Fsp3) is 0.222. The van der Waals surface area contributed by atoms with Crippen LogP contribution < -0.4 is 5.32 Å². The first-order valence-electron chi connectivity index (χ1n) is 7.26. The number of amides is 1. The van der Waals surface area contributed by atoms with Gasteiger partial charge < -0.3 is 10.4 Å². The predicted molar refractivity (Wildman–Crippen MR) is 92.5 cm³/mol. The van der Waals surface area contributed by atoms with E-state index in [-0.39, 0.29) is 11.7 Å². The molecule has 0 aliphatic carbocycles. The maximum Gasteiger partial charge on any atom is 0.255 e. The SMILES string of the molecule is Cc1cccc(C(=O)NCCSCc2ccccc2C#N)c1O. The quantitative estimate of drug-likeness (QED) is 0.799. The van der Waals surface area contributed by atoms with Gasteiger partial charge in [0.2, 0.25) is 0 Å². The summed E-state index contributed by atoms with van der Waals surface area (Å²) in [7, 11) is 0. The van der Waals surface area contributed by atoms with Gasteiger partial charge in [-0.15, -0.1) is 0 Å². The Labute approximate surface area is 140 Å². The molecule has 5 heteroatoms. The zero-order valence-corrected chi connectivity index (χ0v) is 13.7. The number of aromatic hydroxyl groups is 1. The summed E-state index contributed by atoms with van der Waals surface area (Å²) in [5.41, 5.74) is 2.67. The van der Waals surface area contributed by atoms with Crippen LogP contribution in [0.5, 0.6) is 5.75 Å². The maximum atomic E-state index is 12.0. The molecule has 0 spiro atoms. The van der Waals surface area contributed by atoms with Gasteiger partial charge in [0.15, 0.2) is 0 Å². The summed E-state index contributed by atoms with van der Waals surface area (Å²) in [4.78, 5) is 12.0. The van der Waals surface area contributed by atoms with Gasteiger partial charge in [0.25, 0.3) is 5.91 Å². The number of nitriles is 1. The number of nitrogens with zero attached hydrogens (tertiary/aromatic N) is 1. The van der Waals surface area contributed by atoms with E-state index in [1.54, 1.807) is 43.0 Å². The second-order valence-corrected chi connectivity index (χ2v) is 6.15. The lowest BCUT2D eigenvalue weighted by Gasteiger charge is -2.08. The number of carbonyl (C=O) groups excluding carboxylic acids is 1. The van der Waals surface area contributed by atoms with Crippen LogP contribution in [0.4, 0.5) is 0 Å². The highest BCUT2D eigenvalue weighted by atomic mass is 32.2. The van der Waals surface area contributed by atoms with Crippen molar-refractivity contribution in [3.8, 4) is 11.8 Å². The van der Waals surface area contributed by atoms with E-state index in [9.17, 15) is 9.90 Å². The number of thioether (sulfide) groups is 1. The van der Waals surface area contributed by atoms with Crippen LogP contribution in [0.15, 0.2) is 42.5 Å². The lowest BCUT2D eigenvalue weighted by molar-refractivity contribution is 0.0953. The van der Waals surface area contributed by atoms with Crippen LogP contribution in [0, 0.1) is 18.3 Å². The summed E-state index contributed by atoms with van der Waals surface area (Å²) in [6.07, 6.45) is 0. The standard InChI is InChI=1S/C18H18N2O2S/c1-13-5-4-8-16(17(13)21)18(22)20-9-10-23-12-15-7-3-2-6-14(15)11-19/h2-8,21H,9-10,12H2,1H3,(H,20,22). The normalized spacial score (nSPS) is 10.1. The average molecular weight is 326 g/mol. The van der Waals surface area contributed by atoms with Crippen LogP contribution in [0.3, 0.4) is 0 Å². The number of rotatable bonds is 6. The second-order valence-electron chi connectivity index (χ2n) is 5.05. The molecular formula is C18H18N2O2S. The zero-order chi connectivity index (χ0) is 16.7. The second kappa shape index (κ2) is 8.25. The average Bonchev–Trinajstić information content (AvgIpc) is 2.57. The fourth-order valence-electron chi connectivity index (χ4n) is 2.11.